The standard InChI is InChI=1S/C14H14ClNO2S/c1-8-7-16-11(9(2)13(8)18-3)6-12(17)14-10(15)4-5-19-14/h4-5,7H,6H2,1-3H3. The third kappa shape index (κ3) is 2.80. The molecule has 0 aromatic carbocycles. The molecule has 0 saturated carbocycles. The highest BCUT2D eigenvalue weighted by atomic mass is 35.5. The van der Waals surface area contributed by atoms with Crippen LogP contribution in [0.2, 0.25) is 5.02 Å². The van der Waals surface area contributed by atoms with E-state index in [0.29, 0.717) is 9.90 Å². The van der Waals surface area contributed by atoms with Crippen molar-refractivity contribution in [1.82, 2.24) is 4.98 Å². The normalized spacial score (nSPS) is 10.5. The van der Waals surface area contributed by atoms with Gasteiger partial charge in [-0.2, -0.15) is 0 Å². The Labute approximate surface area is 121 Å². The molecule has 5 heteroatoms. The largest absolute Gasteiger partial charge is 0.496 e. The lowest BCUT2D eigenvalue weighted by Gasteiger charge is -2.11. The number of halogens is 1. The van der Waals surface area contributed by atoms with Crippen LogP contribution in [-0.4, -0.2) is 17.9 Å². The smallest absolute Gasteiger partial charge is 0.180 e. The number of pyridine rings is 1. The van der Waals surface area contributed by atoms with Crippen LogP contribution in [0.4, 0.5) is 0 Å². The lowest BCUT2D eigenvalue weighted by atomic mass is 10.1. The van der Waals surface area contributed by atoms with Gasteiger partial charge in [0, 0.05) is 17.3 Å². The second-order valence-electron chi connectivity index (χ2n) is 4.24. The Morgan fingerprint density at radius 3 is 2.79 bits per heavy atom. The fraction of sp³-hybridized carbons (Fsp3) is 0.286. The molecular weight excluding hydrogens is 282 g/mol. The highest BCUT2D eigenvalue weighted by Crippen LogP contribution is 2.27. The molecule has 2 aromatic heterocycles. The zero-order valence-electron chi connectivity index (χ0n) is 11.0. The summed E-state index contributed by atoms with van der Waals surface area (Å²) < 4.78 is 5.34. The molecule has 0 atom stereocenters. The van der Waals surface area contributed by atoms with Crippen LogP contribution in [0.25, 0.3) is 0 Å². The van der Waals surface area contributed by atoms with Crippen molar-refractivity contribution >= 4 is 28.7 Å². The molecule has 0 amide bonds. The fourth-order valence-corrected chi connectivity index (χ4v) is 3.08. The van der Waals surface area contributed by atoms with Crippen molar-refractivity contribution in [2.24, 2.45) is 0 Å². The number of hydrogen-bond donors (Lipinski definition) is 0. The molecule has 0 aliphatic heterocycles. The SMILES string of the molecule is COc1c(C)cnc(CC(=O)c2sccc2Cl)c1C. The van der Waals surface area contributed by atoms with Gasteiger partial charge in [0.05, 0.1) is 29.1 Å². The zero-order valence-corrected chi connectivity index (χ0v) is 12.6. The molecule has 0 fully saturated rings. The molecule has 0 bridgehead atoms. The summed E-state index contributed by atoms with van der Waals surface area (Å²) >= 11 is 7.32. The van der Waals surface area contributed by atoms with Crippen LogP contribution < -0.4 is 4.74 Å². The summed E-state index contributed by atoms with van der Waals surface area (Å²) in [6.07, 6.45) is 1.97. The summed E-state index contributed by atoms with van der Waals surface area (Å²) in [5.41, 5.74) is 2.60. The van der Waals surface area contributed by atoms with Gasteiger partial charge in [0.1, 0.15) is 5.75 Å². The van der Waals surface area contributed by atoms with Crippen LogP contribution in [0.3, 0.4) is 0 Å². The van der Waals surface area contributed by atoms with Crippen molar-refractivity contribution in [1.29, 1.82) is 0 Å². The molecule has 0 unspecified atom stereocenters. The molecule has 0 saturated heterocycles. The first-order valence-corrected chi connectivity index (χ1v) is 7.05. The number of methoxy groups -OCH3 is 1. The summed E-state index contributed by atoms with van der Waals surface area (Å²) in [6.45, 7) is 3.85. The first-order chi connectivity index (χ1) is 9.04. The minimum Gasteiger partial charge on any atom is -0.496 e. The molecule has 0 radical (unpaired) electrons. The highest BCUT2D eigenvalue weighted by Gasteiger charge is 2.17. The van der Waals surface area contributed by atoms with Gasteiger partial charge in [0.15, 0.2) is 5.78 Å². The van der Waals surface area contributed by atoms with E-state index in [9.17, 15) is 4.79 Å². The summed E-state index contributed by atoms with van der Waals surface area (Å²) in [5, 5.41) is 2.32. The van der Waals surface area contributed by atoms with Gasteiger partial charge in [-0.25, -0.2) is 0 Å². The summed E-state index contributed by atoms with van der Waals surface area (Å²) in [7, 11) is 1.62. The Morgan fingerprint density at radius 2 is 2.21 bits per heavy atom. The highest BCUT2D eigenvalue weighted by molar-refractivity contribution is 7.12. The van der Waals surface area contributed by atoms with Gasteiger partial charge in [0.25, 0.3) is 0 Å². The topological polar surface area (TPSA) is 39.2 Å². The Morgan fingerprint density at radius 1 is 1.47 bits per heavy atom. The first kappa shape index (κ1) is 14.0. The maximum atomic E-state index is 12.2. The number of ether oxygens (including phenoxy) is 1. The second kappa shape index (κ2) is 5.72. The third-order valence-electron chi connectivity index (χ3n) is 2.95. The van der Waals surface area contributed by atoms with Gasteiger partial charge in [-0.15, -0.1) is 11.3 Å². The van der Waals surface area contributed by atoms with Crippen molar-refractivity contribution in [3.05, 3.63) is 44.4 Å². The molecule has 0 aliphatic rings. The van der Waals surface area contributed by atoms with E-state index < -0.39 is 0 Å². The Kier molecular flexibility index (Phi) is 4.22. The fourth-order valence-electron chi connectivity index (χ4n) is 1.97. The average Bonchev–Trinajstić information content (AvgIpc) is 2.80. The van der Waals surface area contributed by atoms with Crippen molar-refractivity contribution in [2.45, 2.75) is 20.3 Å². The number of carbonyl (C=O) groups is 1. The number of carbonyl (C=O) groups excluding carboxylic acids is 1. The van der Waals surface area contributed by atoms with Gasteiger partial charge < -0.3 is 4.74 Å². The van der Waals surface area contributed by atoms with Crippen LogP contribution in [0.1, 0.15) is 26.5 Å². The van der Waals surface area contributed by atoms with Gasteiger partial charge in [-0.3, -0.25) is 9.78 Å². The molecule has 0 aliphatic carbocycles. The number of thiophene rings is 1. The molecule has 100 valence electrons. The van der Waals surface area contributed by atoms with E-state index in [0.717, 1.165) is 22.6 Å². The van der Waals surface area contributed by atoms with Crippen LogP contribution in [0, 0.1) is 13.8 Å². The average molecular weight is 296 g/mol. The quantitative estimate of drug-likeness (QED) is 0.804. The number of rotatable bonds is 4. The minimum absolute atomic E-state index is 0.0125. The number of aromatic nitrogens is 1. The van der Waals surface area contributed by atoms with Crippen LogP contribution in [-0.2, 0) is 6.42 Å². The van der Waals surface area contributed by atoms with Gasteiger partial charge in [0.2, 0.25) is 0 Å². The van der Waals surface area contributed by atoms with Crippen LogP contribution >= 0.6 is 22.9 Å². The van der Waals surface area contributed by atoms with Crippen LogP contribution in [0.5, 0.6) is 5.75 Å². The van der Waals surface area contributed by atoms with Crippen molar-refractivity contribution in [2.75, 3.05) is 7.11 Å². The number of aryl methyl sites for hydroxylation is 1. The number of Topliss-reactive ketones (excluding diaryl/α,β-unsaturated/α-hetero) is 1. The molecular formula is C14H14ClNO2S. The number of nitrogens with zero attached hydrogens (tertiary/aromatic N) is 1. The monoisotopic (exact) mass is 295 g/mol. The molecule has 0 N–H and O–H groups in total. The van der Waals surface area contributed by atoms with Gasteiger partial charge in [-0.1, -0.05) is 11.6 Å². The molecule has 2 heterocycles. The second-order valence-corrected chi connectivity index (χ2v) is 5.57. The molecule has 2 rings (SSSR count). The number of hydrogen-bond acceptors (Lipinski definition) is 4. The predicted molar refractivity (Wildman–Crippen MR) is 77.6 cm³/mol. The third-order valence-corrected chi connectivity index (χ3v) is 4.33. The van der Waals surface area contributed by atoms with E-state index in [4.69, 9.17) is 16.3 Å². The summed E-state index contributed by atoms with van der Waals surface area (Å²) in [6, 6.07) is 1.73. The lowest BCUT2D eigenvalue weighted by Crippen LogP contribution is -2.07. The van der Waals surface area contributed by atoms with E-state index in [2.05, 4.69) is 4.98 Å². The van der Waals surface area contributed by atoms with E-state index in [1.165, 1.54) is 11.3 Å². The molecule has 2 aromatic rings. The van der Waals surface area contributed by atoms with E-state index >= 15 is 0 Å². The molecule has 0 spiro atoms. The Hall–Kier alpha value is -1.39. The summed E-state index contributed by atoms with van der Waals surface area (Å²) in [4.78, 5) is 17.1. The first-order valence-electron chi connectivity index (χ1n) is 5.79. The summed E-state index contributed by atoms with van der Waals surface area (Å²) in [5.74, 6) is 0.775. The minimum atomic E-state index is -0.0125. The van der Waals surface area contributed by atoms with Gasteiger partial charge in [-0.05, 0) is 25.3 Å². The van der Waals surface area contributed by atoms with E-state index in [1.54, 1.807) is 19.4 Å². The molecule has 3 nitrogen and oxygen atoms in total. The van der Waals surface area contributed by atoms with Gasteiger partial charge >= 0.3 is 0 Å². The maximum absolute atomic E-state index is 12.2. The van der Waals surface area contributed by atoms with E-state index in [1.807, 2.05) is 19.2 Å². The van der Waals surface area contributed by atoms with Crippen molar-refractivity contribution < 1.29 is 9.53 Å². The Bertz CT molecular complexity index is 622. The van der Waals surface area contributed by atoms with Crippen molar-refractivity contribution in [3.63, 3.8) is 0 Å². The Balaban J connectivity index is 2.30. The van der Waals surface area contributed by atoms with Crippen LogP contribution in [0.15, 0.2) is 17.6 Å². The zero-order chi connectivity index (χ0) is 14.0. The van der Waals surface area contributed by atoms with E-state index in [-0.39, 0.29) is 12.2 Å². The van der Waals surface area contributed by atoms with Crippen molar-refractivity contribution in [3.8, 4) is 5.75 Å². The maximum Gasteiger partial charge on any atom is 0.180 e. The molecule has 19 heavy (non-hydrogen) atoms. The lowest BCUT2D eigenvalue weighted by molar-refractivity contribution is 0.0995. The predicted octanol–water partition coefficient (Wildman–Crippen LogP) is 3.85. The number of ketones is 1.